The van der Waals surface area contributed by atoms with Crippen molar-refractivity contribution in [3.05, 3.63) is 0 Å². The highest BCUT2D eigenvalue weighted by Crippen LogP contribution is 2.30. The van der Waals surface area contributed by atoms with Crippen molar-refractivity contribution in [1.29, 1.82) is 0 Å². The van der Waals surface area contributed by atoms with Crippen molar-refractivity contribution in [2.75, 3.05) is 13.1 Å². The Balaban J connectivity index is 1.87. The van der Waals surface area contributed by atoms with Crippen molar-refractivity contribution in [2.45, 2.75) is 57.1 Å². The minimum Gasteiger partial charge on any atom is -0.388 e. The summed E-state index contributed by atoms with van der Waals surface area (Å²) in [4.78, 5) is 25.4. The Kier molecular flexibility index (Phi) is 3.90. The van der Waals surface area contributed by atoms with E-state index in [4.69, 9.17) is 0 Å². The fraction of sp³-hybridized carbons (Fsp3) is 0.846. The molecule has 1 saturated carbocycles. The number of amides is 2. The number of carbonyl (C=O) groups is 2. The van der Waals surface area contributed by atoms with Gasteiger partial charge in [-0.1, -0.05) is 6.92 Å². The van der Waals surface area contributed by atoms with Crippen LogP contribution in [0.4, 0.5) is 0 Å². The zero-order chi connectivity index (χ0) is 13.2. The third-order valence-corrected chi connectivity index (χ3v) is 4.05. The number of nitrogens with one attached hydrogen (secondary N) is 1. The van der Waals surface area contributed by atoms with Crippen LogP contribution in [0.2, 0.25) is 0 Å². The molecule has 2 rings (SSSR count). The predicted octanol–water partition coefficient (Wildman–Crippen LogP) is 0.419. The third kappa shape index (κ3) is 2.66. The van der Waals surface area contributed by atoms with Crippen LogP contribution in [-0.2, 0) is 9.59 Å². The SMILES string of the molecule is CCC(C(=O)NCC1(O)CCC1)N1CCCC1=O. The van der Waals surface area contributed by atoms with E-state index in [0.29, 0.717) is 25.9 Å². The quantitative estimate of drug-likeness (QED) is 0.747. The van der Waals surface area contributed by atoms with E-state index in [1.165, 1.54) is 0 Å². The average Bonchev–Trinajstić information content (AvgIpc) is 2.72. The summed E-state index contributed by atoms with van der Waals surface area (Å²) in [6.45, 7) is 2.90. The second-order valence-electron chi connectivity index (χ2n) is 5.41. The van der Waals surface area contributed by atoms with Gasteiger partial charge in [-0.2, -0.15) is 0 Å². The molecule has 1 saturated heterocycles. The summed E-state index contributed by atoms with van der Waals surface area (Å²) >= 11 is 0. The Morgan fingerprint density at radius 3 is 2.67 bits per heavy atom. The average molecular weight is 254 g/mol. The van der Waals surface area contributed by atoms with Gasteiger partial charge in [0.2, 0.25) is 11.8 Å². The van der Waals surface area contributed by atoms with Crippen molar-refractivity contribution in [1.82, 2.24) is 10.2 Å². The molecule has 0 spiro atoms. The number of hydrogen-bond donors (Lipinski definition) is 2. The van der Waals surface area contributed by atoms with Crippen molar-refractivity contribution < 1.29 is 14.7 Å². The maximum atomic E-state index is 12.1. The first-order chi connectivity index (χ1) is 8.56. The lowest BCUT2D eigenvalue weighted by molar-refractivity contribution is -0.138. The van der Waals surface area contributed by atoms with Gasteiger partial charge in [0, 0.05) is 19.5 Å². The smallest absolute Gasteiger partial charge is 0.242 e. The van der Waals surface area contributed by atoms with Crippen LogP contribution >= 0.6 is 0 Å². The van der Waals surface area contributed by atoms with Gasteiger partial charge in [0.1, 0.15) is 6.04 Å². The molecule has 2 amide bonds. The van der Waals surface area contributed by atoms with Crippen LogP contribution in [0.3, 0.4) is 0 Å². The first-order valence-electron chi connectivity index (χ1n) is 6.85. The molecule has 2 N–H and O–H groups in total. The van der Waals surface area contributed by atoms with E-state index < -0.39 is 5.60 Å². The third-order valence-electron chi connectivity index (χ3n) is 4.05. The van der Waals surface area contributed by atoms with Gasteiger partial charge >= 0.3 is 0 Å². The molecule has 1 atom stereocenters. The molecule has 1 aliphatic heterocycles. The van der Waals surface area contributed by atoms with E-state index in [1.807, 2.05) is 6.92 Å². The molecule has 1 aliphatic carbocycles. The lowest BCUT2D eigenvalue weighted by Gasteiger charge is -2.37. The lowest BCUT2D eigenvalue weighted by atomic mass is 9.80. The topological polar surface area (TPSA) is 69.6 Å². The fourth-order valence-corrected chi connectivity index (χ4v) is 2.68. The van der Waals surface area contributed by atoms with Gasteiger partial charge < -0.3 is 15.3 Å². The van der Waals surface area contributed by atoms with Crippen LogP contribution in [0.1, 0.15) is 45.4 Å². The van der Waals surface area contributed by atoms with Crippen molar-refractivity contribution in [3.63, 3.8) is 0 Å². The van der Waals surface area contributed by atoms with Gasteiger partial charge in [-0.25, -0.2) is 0 Å². The molecule has 2 aliphatic rings. The Morgan fingerprint density at radius 1 is 1.50 bits per heavy atom. The van der Waals surface area contributed by atoms with Gasteiger partial charge in [-0.05, 0) is 32.1 Å². The molecule has 1 unspecified atom stereocenters. The second kappa shape index (κ2) is 5.26. The van der Waals surface area contributed by atoms with E-state index >= 15 is 0 Å². The van der Waals surface area contributed by atoms with E-state index in [2.05, 4.69) is 5.32 Å². The van der Waals surface area contributed by atoms with Crippen LogP contribution in [0.25, 0.3) is 0 Å². The molecule has 2 fully saturated rings. The standard InChI is InChI=1S/C13H22N2O3/c1-2-10(15-8-3-5-11(15)16)12(17)14-9-13(18)6-4-7-13/h10,18H,2-9H2,1H3,(H,14,17). The lowest BCUT2D eigenvalue weighted by Crippen LogP contribution is -2.53. The van der Waals surface area contributed by atoms with E-state index in [9.17, 15) is 14.7 Å². The molecule has 5 heteroatoms. The molecule has 1 heterocycles. The maximum Gasteiger partial charge on any atom is 0.242 e. The molecule has 102 valence electrons. The second-order valence-corrected chi connectivity index (χ2v) is 5.41. The van der Waals surface area contributed by atoms with E-state index in [1.54, 1.807) is 4.90 Å². The van der Waals surface area contributed by atoms with E-state index in [-0.39, 0.29) is 17.9 Å². The Bertz CT molecular complexity index is 339. The molecule has 18 heavy (non-hydrogen) atoms. The van der Waals surface area contributed by atoms with Gasteiger partial charge in [0.05, 0.1) is 5.60 Å². The van der Waals surface area contributed by atoms with Gasteiger partial charge in [-0.15, -0.1) is 0 Å². The molecule has 0 aromatic rings. The molecule has 0 radical (unpaired) electrons. The Morgan fingerprint density at radius 2 is 2.22 bits per heavy atom. The first-order valence-corrected chi connectivity index (χ1v) is 6.85. The Labute approximate surface area is 108 Å². The van der Waals surface area contributed by atoms with Crippen LogP contribution in [0.5, 0.6) is 0 Å². The van der Waals surface area contributed by atoms with Gasteiger partial charge in [0.15, 0.2) is 0 Å². The number of aliphatic hydroxyl groups is 1. The van der Waals surface area contributed by atoms with Gasteiger partial charge in [0.25, 0.3) is 0 Å². The van der Waals surface area contributed by atoms with Crippen molar-refractivity contribution in [2.24, 2.45) is 0 Å². The normalized spacial score (nSPS) is 23.7. The van der Waals surface area contributed by atoms with Gasteiger partial charge in [-0.3, -0.25) is 9.59 Å². The summed E-state index contributed by atoms with van der Waals surface area (Å²) < 4.78 is 0. The number of rotatable bonds is 5. The summed E-state index contributed by atoms with van der Waals surface area (Å²) in [5.74, 6) is -0.0626. The number of carbonyl (C=O) groups excluding carboxylic acids is 2. The predicted molar refractivity (Wildman–Crippen MR) is 66.8 cm³/mol. The summed E-state index contributed by atoms with van der Waals surface area (Å²) in [6, 6.07) is -0.372. The largest absolute Gasteiger partial charge is 0.388 e. The molecule has 0 aromatic carbocycles. The first kappa shape index (κ1) is 13.3. The number of likely N-dealkylation sites (tertiary alicyclic amines) is 1. The minimum absolute atomic E-state index is 0.0688. The summed E-state index contributed by atoms with van der Waals surface area (Å²) in [7, 11) is 0. The molecule has 0 bridgehead atoms. The van der Waals surface area contributed by atoms with E-state index in [0.717, 1.165) is 25.7 Å². The fourth-order valence-electron chi connectivity index (χ4n) is 2.68. The number of nitrogens with zero attached hydrogens (tertiary/aromatic N) is 1. The van der Waals surface area contributed by atoms with Crippen LogP contribution in [0.15, 0.2) is 0 Å². The zero-order valence-corrected chi connectivity index (χ0v) is 10.9. The highest BCUT2D eigenvalue weighted by Gasteiger charge is 2.36. The number of hydrogen-bond acceptors (Lipinski definition) is 3. The summed E-state index contributed by atoms with van der Waals surface area (Å²) in [6.07, 6.45) is 4.55. The summed E-state index contributed by atoms with van der Waals surface area (Å²) in [5.41, 5.74) is -0.705. The van der Waals surface area contributed by atoms with Crippen molar-refractivity contribution >= 4 is 11.8 Å². The highest BCUT2D eigenvalue weighted by molar-refractivity contribution is 5.88. The highest BCUT2D eigenvalue weighted by atomic mass is 16.3. The monoisotopic (exact) mass is 254 g/mol. The van der Waals surface area contributed by atoms with Crippen LogP contribution in [-0.4, -0.2) is 46.6 Å². The Hall–Kier alpha value is -1.10. The van der Waals surface area contributed by atoms with Crippen LogP contribution < -0.4 is 5.32 Å². The molecule has 5 nitrogen and oxygen atoms in total. The van der Waals surface area contributed by atoms with Crippen LogP contribution in [0, 0.1) is 0 Å². The maximum absolute atomic E-state index is 12.1. The molecular formula is C13H22N2O3. The minimum atomic E-state index is -0.705. The zero-order valence-electron chi connectivity index (χ0n) is 10.9. The summed E-state index contributed by atoms with van der Waals surface area (Å²) in [5, 5.41) is 12.7. The molecular weight excluding hydrogens is 232 g/mol. The molecule has 0 aromatic heterocycles. The van der Waals surface area contributed by atoms with Crippen molar-refractivity contribution in [3.8, 4) is 0 Å².